The predicted octanol–water partition coefficient (Wildman–Crippen LogP) is 0.817. The molecule has 5 nitrogen and oxygen atoms in total. The standard InChI is InChI=1S/C12H20O5S/c13-11(14)10(7-12(15)4-1-2-5-12)9-3-6-18(16,17)8-9/h9-10,15H,1-8H2,(H,13,14). The number of rotatable bonds is 4. The van der Waals surface area contributed by atoms with E-state index >= 15 is 0 Å². The van der Waals surface area contributed by atoms with Gasteiger partial charge in [0.05, 0.1) is 23.0 Å². The summed E-state index contributed by atoms with van der Waals surface area (Å²) >= 11 is 0. The summed E-state index contributed by atoms with van der Waals surface area (Å²) < 4.78 is 22.9. The predicted molar refractivity (Wildman–Crippen MR) is 65.9 cm³/mol. The lowest BCUT2D eigenvalue weighted by Gasteiger charge is -2.28. The van der Waals surface area contributed by atoms with Crippen LogP contribution in [0.25, 0.3) is 0 Å². The van der Waals surface area contributed by atoms with Gasteiger partial charge in [-0.3, -0.25) is 4.79 Å². The zero-order chi connectivity index (χ0) is 13.4. The van der Waals surface area contributed by atoms with Crippen LogP contribution in [-0.2, 0) is 14.6 Å². The van der Waals surface area contributed by atoms with Crippen molar-refractivity contribution in [1.82, 2.24) is 0 Å². The highest BCUT2D eigenvalue weighted by Crippen LogP contribution is 2.39. The Bertz CT molecular complexity index is 422. The number of carboxylic acids is 1. The summed E-state index contributed by atoms with van der Waals surface area (Å²) in [4.78, 5) is 11.3. The summed E-state index contributed by atoms with van der Waals surface area (Å²) in [5, 5.41) is 19.6. The van der Waals surface area contributed by atoms with Crippen molar-refractivity contribution in [1.29, 1.82) is 0 Å². The molecule has 1 saturated heterocycles. The van der Waals surface area contributed by atoms with Gasteiger partial charge in [-0.25, -0.2) is 8.42 Å². The van der Waals surface area contributed by atoms with Crippen molar-refractivity contribution in [3.05, 3.63) is 0 Å². The first kappa shape index (κ1) is 13.8. The van der Waals surface area contributed by atoms with Crippen LogP contribution in [0.15, 0.2) is 0 Å². The van der Waals surface area contributed by atoms with Gasteiger partial charge < -0.3 is 10.2 Å². The van der Waals surface area contributed by atoms with Crippen LogP contribution in [0.5, 0.6) is 0 Å². The third kappa shape index (κ3) is 3.03. The van der Waals surface area contributed by atoms with Crippen molar-refractivity contribution >= 4 is 15.8 Å². The first-order valence-corrected chi connectivity index (χ1v) is 8.29. The minimum Gasteiger partial charge on any atom is -0.481 e. The first-order valence-electron chi connectivity index (χ1n) is 6.47. The summed E-state index contributed by atoms with van der Waals surface area (Å²) in [5.41, 5.74) is -0.893. The van der Waals surface area contributed by atoms with Gasteiger partial charge in [0.1, 0.15) is 0 Å². The zero-order valence-electron chi connectivity index (χ0n) is 10.3. The number of carbonyl (C=O) groups is 1. The molecule has 0 radical (unpaired) electrons. The molecule has 0 aromatic rings. The molecule has 0 amide bonds. The fraction of sp³-hybridized carbons (Fsp3) is 0.917. The SMILES string of the molecule is O=C(O)C(CC1(O)CCCC1)C1CCS(=O)(=O)C1. The molecule has 1 heterocycles. The second-order valence-electron chi connectivity index (χ2n) is 5.74. The van der Waals surface area contributed by atoms with Gasteiger partial charge in [-0.15, -0.1) is 0 Å². The maximum atomic E-state index is 11.4. The minimum atomic E-state index is -3.07. The molecule has 0 bridgehead atoms. The third-order valence-electron chi connectivity index (χ3n) is 4.29. The third-order valence-corrected chi connectivity index (χ3v) is 6.08. The van der Waals surface area contributed by atoms with Gasteiger partial charge in [0.25, 0.3) is 0 Å². The molecule has 1 aliphatic heterocycles. The van der Waals surface area contributed by atoms with Crippen LogP contribution in [0.4, 0.5) is 0 Å². The van der Waals surface area contributed by atoms with Crippen LogP contribution in [0, 0.1) is 11.8 Å². The van der Waals surface area contributed by atoms with Crippen LogP contribution in [0.2, 0.25) is 0 Å². The van der Waals surface area contributed by atoms with Crippen LogP contribution >= 0.6 is 0 Å². The molecule has 0 aromatic carbocycles. The van der Waals surface area contributed by atoms with E-state index in [4.69, 9.17) is 0 Å². The summed E-state index contributed by atoms with van der Waals surface area (Å²) in [6.07, 6.45) is 3.72. The van der Waals surface area contributed by atoms with E-state index in [9.17, 15) is 23.4 Å². The Labute approximate surface area is 107 Å². The normalized spacial score (nSPS) is 31.3. The fourth-order valence-electron chi connectivity index (χ4n) is 3.24. The largest absolute Gasteiger partial charge is 0.481 e. The summed E-state index contributed by atoms with van der Waals surface area (Å²) in [6, 6.07) is 0. The number of aliphatic carboxylic acids is 1. The Kier molecular flexibility index (Phi) is 3.69. The Morgan fingerprint density at radius 1 is 1.33 bits per heavy atom. The van der Waals surface area contributed by atoms with Gasteiger partial charge in [0, 0.05) is 0 Å². The average molecular weight is 276 g/mol. The van der Waals surface area contributed by atoms with Crippen LogP contribution in [0.3, 0.4) is 0 Å². The molecule has 2 unspecified atom stereocenters. The van der Waals surface area contributed by atoms with E-state index in [0.717, 1.165) is 12.8 Å². The number of aliphatic hydroxyl groups is 1. The second kappa shape index (κ2) is 4.81. The number of sulfone groups is 1. The molecule has 2 rings (SSSR count). The molecule has 1 aliphatic carbocycles. The van der Waals surface area contributed by atoms with Crippen molar-refractivity contribution in [2.45, 2.75) is 44.1 Å². The van der Waals surface area contributed by atoms with Gasteiger partial charge in [0.15, 0.2) is 9.84 Å². The fourth-order valence-corrected chi connectivity index (χ4v) is 5.12. The lowest BCUT2D eigenvalue weighted by Crippen LogP contribution is -2.35. The summed E-state index contributed by atoms with van der Waals surface area (Å²) in [6.45, 7) is 0. The molecular weight excluding hydrogens is 256 g/mol. The van der Waals surface area contributed by atoms with E-state index in [0.29, 0.717) is 19.3 Å². The van der Waals surface area contributed by atoms with Gasteiger partial charge in [-0.2, -0.15) is 0 Å². The van der Waals surface area contributed by atoms with Gasteiger partial charge in [-0.05, 0) is 31.6 Å². The Balaban J connectivity index is 2.07. The topological polar surface area (TPSA) is 91.7 Å². The van der Waals surface area contributed by atoms with Crippen LogP contribution in [0.1, 0.15) is 38.5 Å². The molecule has 18 heavy (non-hydrogen) atoms. The highest BCUT2D eigenvalue weighted by atomic mass is 32.2. The molecule has 2 N–H and O–H groups in total. The average Bonchev–Trinajstić information content (AvgIpc) is 2.82. The highest BCUT2D eigenvalue weighted by molar-refractivity contribution is 7.91. The van der Waals surface area contributed by atoms with Crippen molar-refractivity contribution in [2.75, 3.05) is 11.5 Å². The Hall–Kier alpha value is -0.620. The molecule has 0 spiro atoms. The lowest BCUT2D eigenvalue weighted by atomic mass is 9.81. The Morgan fingerprint density at radius 2 is 1.94 bits per heavy atom. The minimum absolute atomic E-state index is 0.0416. The molecule has 0 aromatic heterocycles. The van der Waals surface area contributed by atoms with Gasteiger partial charge in [0.2, 0.25) is 0 Å². The Morgan fingerprint density at radius 3 is 2.39 bits per heavy atom. The number of carboxylic acid groups (broad SMARTS) is 1. The van der Waals surface area contributed by atoms with Crippen molar-refractivity contribution in [3.63, 3.8) is 0 Å². The van der Waals surface area contributed by atoms with E-state index in [-0.39, 0.29) is 23.8 Å². The zero-order valence-corrected chi connectivity index (χ0v) is 11.2. The second-order valence-corrected chi connectivity index (χ2v) is 7.97. The molecule has 104 valence electrons. The summed E-state index contributed by atoms with van der Waals surface area (Å²) in [5.74, 6) is -2.00. The highest BCUT2D eigenvalue weighted by Gasteiger charge is 2.43. The van der Waals surface area contributed by atoms with Crippen LogP contribution < -0.4 is 0 Å². The van der Waals surface area contributed by atoms with Crippen molar-refractivity contribution in [3.8, 4) is 0 Å². The maximum absolute atomic E-state index is 11.4. The van der Waals surface area contributed by atoms with Gasteiger partial charge in [-0.1, -0.05) is 12.8 Å². The molecule has 6 heteroatoms. The monoisotopic (exact) mass is 276 g/mol. The van der Waals surface area contributed by atoms with Gasteiger partial charge >= 0.3 is 5.97 Å². The summed E-state index contributed by atoms with van der Waals surface area (Å²) in [7, 11) is -3.07. The molecule has 2 fully saturated rings. The number of hydrogen-bond donors (Lipinski definition) is 2. The molecule has 2 atom stereocenters. The van der Waals surface area contributed by atoms with E-state index in [1.54, 1.807) is 0 Å². The van der Waals surface area contributed by atoms with E-state index < -0.39 is 27.3 Å². The first-order chi connectivity index (χ1) is 8.31. The molecule has 1 saturated carbocycles. The molecule has 2 aliphatic rings. The number of hydrogen-bond acceptors (Lipinski definition) is 4. The van der Waals surface area contributed by atoms with Crippen LogP contribution in [-0.4, -0.2) is 41.7 Å². The van der Waals surface area contributed by atoms with Crippen molar-refractivity contribution in [2.24, 2.45) is 11.8 Å². The van der Waals surface area contributed by atoms with E-state index in [1.807, 2.05) is 0 Å². The molecular formula is C12H20O5S. The lowest BCUT2D eigenvalue weighted by molar-refractivity contribution is -0.146. The quantitative estimate of drug-likeness (QED) is 0.793. The smallest absolute Gasteiger partial charge is 0.306 e. The maximum Gasteiger partial charge on any atom is 0.306 e. The van der Waals surface area contributed by atoms with E-state index in [2.05, 4.69) is 0 Å². The van der Waals surface area contributed by atoms with E-state index in [1.165, 1.54) is 0 Å². The van der Waals surface area contributed by atoms with Crippen molar-refractivity contribution < 1.29 is 23.4 Å².